The summed E-state index contributed by atoms with van der Waals surface area (Å²) in [5.41, 5.74) is 3.93. The number of nitrogens with zero attached hydrogens (tertiary/aromatic N) is 1. The molecule has 5 atom stereocenters. The molecule has 0 unspecified atom stereocenters. The number of carbonyl (C=O) groups is 4. The van der Waals surface area contributed by atoms with Gasteiger partial charge in [0, 0.05) is 52.4 Å². The zero-order chi connectivity index (χ0) is 29.0. The van der Waals surface area contributed by atoms with E-state index >= 15 is 0 Å². The molecule has 0 amide bonds. The average molecular weight is 574 g/mol. The van der Waals surface area contributed by atoms with Crippen LogP contribution in [0.5, 0.6) is 0 Å². The number of esters is 4. The van der Waals surface area contributed by atoms with Crippen molar-refractivity contribution in [1.82, 2.24) is 4.90 Å². The maximum atomic E-state index is 12.2. The van der Waals surface area contributed by atoms with E-state index in [2.05, 4.69) is 17.0 Å². The van der Waals surface area contributed by atoms with Crippen molar-refractivity contribution in [3.05, 3.63) is 69.7 Å². The van der Waals surface area contributed by atoms with E-state index in [-0.39, 0.29) is 6.61 Å². The molecule has 214 valence electrons. The summed E-state index contributed by atoms with van der Waals surface area (Å²) in [5, 5.41) is 0.547. The van der Waals surface area contributed by atoms with Crippen molar-refractivity contribution in [2.45, 2.75) is 77.8 Å². The van der Waals surface area contributed by atoms with Gasteiger partial charge in [-0.15, -0.1) is 0 Å². The Kier molecular flexibility index (Phi) is 9.44. The number of rotatable bonds is 8. The standard InChI is InChI=1S/C29H32ClNO9/c1-16(32)36-15-25-27(37-17(2)33)29(39-19(4)35)28(38-18(3)34)26(40-25)20-9-10-24(30)23(11-20)14-31-12-21-7-5-6-8-22(21)13-31/h5-11,25-29H,12-15H2,1-4H3/t25-,26+,27-,28-,29+/m1/s1. The highest BCUT2D eigenvalue weighted by atomic mass is 35.5. The lowest BCUT2D eigenvalue weighted by Gasteiger charge is -2.44. The first kappa shape index (κ1) is 29.5. The quantitative estimate of drug-likeness (QED) is 0.342. The molecular weight excluding hydrogens is 542 g/mol. The third-order valence-electron chi connectivity index (χ3n) is 6.69. The Hall–Kier alpha value is -3.47. The molecule has 2 aliphatic rings. The van der Waals surface area contributed by atoms with Crippen molar-refractivity contribution in [2.75, 3.05) is 6.61 Å². The maximum absolute atomic E-state index is 12.2. The fourth-order valence-corrected chi connectivity index (χ4v) is 5.32. The third-order valence-corrected chi connectivity index (χ3v) is 7.06. The molecule has 2 aliphatic heterocycles. The van der Waals surface area contributed by atoms with Crippen molar-refractivity contribution in [3.63, 3.8) is 0 Å². The van der Waals surface area contributed by atoms with Crippen LogP contribution < -0.4 is 0 Å². The van der Waals surface area contributed by atoms with Gasteiger partial charge in [0.2, 0.25) is 0 Å². The summed E-state index contributed by atoms with van der Waals surface area (Å²) in [7, 11) is 0. The maximum Gasteiger partial charge on any atom is 0.303 e. The molecule has 2 aromatic rings. The highest BCUT2D eigenvalue weighted by molar-refractivity contribution is 6.31. The van der Waals surface area contributed by atoms with E-state index in [1.807, 2.05) is 18.2 Å². The Morgan fingerprint density at radius 2 is 1.40 bits per heavy atom. The molecule has 1 fully saturated rings. The molecule has 0 spiro atoms. The van der Waals surface area contributed by atoms with Crippen molar-refractivity contribution >= 4 is 35.5 Å². The highest BCUT2D eigenvalue weighted by Crippen LogP contribution is 2.39. The summed E-state index contributed by atoms with van der Waals surface area (Å²) < 4.78 is 28.1. The Labute approximate surface area is 237 Å². The molecule has 11 heteroatoms. The van der Waals surface area contributed by atoms with Crippen molar-refractivity contribution in [2.24, 2.45) is 0 Å². The number of hydrogen-bond acceptors (Lipinski definition) is 10. The smallest absolute Gasteiger partial charge is 0.303 e. The van der Waals surface area contributed by atoms with Gasteiger partial charge in [0.15, 0.2) is 18.3 Å². The lowest BCUT2D eigenvalue weighted by molar-refractivity contribution is -0.254. The summed E-state index contributed by atoms with van der Waals surface area (Å²) >= 11 is 6.60. The largest absolute Gasteiger partial charge is 0.463 e. The number of halogens is 1. The number of benzene rings is 2. The molecule has 0 aromatic heterocycles. The van der Waals surface area contributed by atoms with E-state index in [1.54, 1.807) is 12.1 Å². The van der Waals surface area contributed by atoms with E-state index in [4.69, 9.17) is 35.3 Å². The first-order valence-corrected chi connectivity index (χ1v) is 13.3. The van der Waals surface area contributed by atoms with Crippen LogP contribution in [0.3, 0.4) is 0 Å². The molecule has 10 nitrogen and oxygen atoms in total. The van der Waals surface area contributed by atoms with E-state index < -0.39 is 54.4 Å². The van der Waals surface area contributed by atoms with Crippen LogP contribution >= 0.6 is 11.6 Å². The van der Waals surface area contributed by atoms with Crippen LogP contribution in [0.1, 0.15) is 56.1 Å². The lowest BCUT2D eigenvalue weighted by Crippen LogP contribution is -2.59. The van der Waals surface area contributed by atoms with Crippen LogP contribution in [0.15, 0.2) is 42.5 Å². The number of carbonyl (C=O) groups excluding carboxylic acids is 4. The minimum Gasteiger partial charge on any atom is -0.463 e. The van der Waals surface area contributed by atoms with Crippen molar-refractivity contribution < 1.29 is 42.9 Å². The fraction of sp³-hybridized carbons (Fsp3) is 0.448. The molecule has 0 radical (unpaired) electrons. The molecule has 1 saturated heterocycles. The highest BCUT2D eigenvalue weighted by Gasteiger charge is 2.52. The first-order chi connectivity index (χ1) is 19.0. The van der Waals surface area contributed by atoms with Gasteiger partial charge < -0.3 is 23.7 Å². The summed E-state index contributed by atoms with van der Waals surface area (Å²) in [6.07, 6.45) is -5.62. The van der Waals surface area contributed by atoms with Gasteiger partial charge in [0.25, 0.3) is 0 Å². The molecular formula is C29H32ClNO9. The van der Waals surface area contributed by atoms with E-state index in [9.17, 15) is 19.2 Å². The normalized spacial score (nSPS) is 24.1. The number of hydrogen-bond donors (Lipinski definition) is 0. The van der Waals surface area contributed by atoms with Gasteiger partial charge in [-0.3, -0.25) is 24.1 Å². The minimum absolute atomic E-state index is 0.291. The van der Waals surface area contributed by atoms with Gasteiger partial charge in [-0.1, -0.05) is 48.0 Å². The van der Waals surface area contributed by atoms with Gasteiger partial charge in [-0.05, 0) is 28.3 Å². The Morgan fingerprint density at radius 1 is 0.825 bits per heavy atom. The monoisotopic (exact) mass is 573 g/mol. The van der Waals surface area contributed by atoms with Crippen LogP contribution in [0.25, 0.3) is 0 Å². The Bertz CT molecular complexity index is 1260. The van der Waals surface area contributed by atoms with E-state index in [0.717, 1.165) is 18.7 Å². The molecule has 40 heavy (non-hydrogen) atoms. The fourth-order valence-electron chi connectivity index (χ4n) is 5.15. The average Bonchev–Trinajstić information content (AvgIpc) is 3.28. The Morgan fingerprint density at radius 3 is 1.98 bits per heavy atom. The van der Waals surface area contributed by atoms with Gasteiger partial charge >= 0.3 is 23.9 Å². The molecule has 0 bridgehead atoms. The molecule has 2 aromatic carbocycles. The van der Waals surface area contributed by atoms with E-state index in [1.165, 1.54) is 38.8 Å². The summed E-state index contributed by atoms with van der Waals surface area (Å²) in [5.74, 6) is -2.59. The first-order valence-electron chi connectivity index (χ1n) is 12.9. The van der Waals surface area contributed by atoms with Crippen molar-refractivity contribution in [1.29, 1.82) is 0 Å². The summed E-state index contributed by atoms with van der Waals surface area (Å²) in [4.78, 5) is 50.1. The number of fused-ring (bicyclic) bond motifs is 1. The summed E-state index contributed by atoms with van der Waals surface area (Å²) in [6, 6.07) is 13.5. The summed E-state index contributed by atoms with van der Waals surface area (Å²) in [6.45, 7) is 6.62. The minimum atomic E-state index is -1.24. The molecule has 0 aliphatic carbocycles. The topological polar surface area (TPSA) is 118 Å². The van der Waals surface area contributed by atoms with Gasteiger partial charge in [-0.25, -0.2) is 0 Å². The zero-order valence-electron chi connectivity index (χ0n) is 22.8. The van der Waals surface area contributed by atoms with Crippen LogP contribution in [0, 0.1) is 0 Å². The second kappa shape index (κ2) is 12.8. The second-order valence-corrected chi connectivity index (χ2v) is 10.3. The molecule has 0 N–H and O–H groups in total. The Balaban J connectivity index is 1.69. The SMILES string of the molecule is CC(=O)OC[C@H]1O[C@@H](c2ccc(Cl)c(CN3Cc4ccccc4C3)c2)[C@@H](OC(C)=O)[C@@H](OC(C)=O)[C@@H]1OC(C)=O. The molecule has 2 heterocycles. The van der Waals surface area contributed by atoms with Crippen LogP contribution in [0.4, 0.5) is 0 Å². The third kappa shape index (κ3) is 7.18. The van der Waals surface area contributed by atoms with Crippen molar-refractivity contribution in [3.8, 4) is 0 Å². The van der Waals surface area contributed by atoms with E-state index in [0.29, 0.717) is 17.1 Å². The van der Waals surface area contributed by atoms with Crippen LogP contribution in [-0.2, 0) is 62.5 Å². The van der Waals surface area contributed by atoms with Crippen LogP contribution in [0.2, 0.25) is 5.02 Å². The zero-order valence-corrected chi connectivity index (χ0v) is 23.5. The predicted octanol–water partition coefficient (Wildman–Crippen LogP) is 3.65. The molecule has 0 saturated carbocycles. The van der Waals surface area contributed by atoms with Gasteiger partial charge in [0.1, 0.15) is 18.8 Å². The van der Waals surface area contributed by atoms with Gasteiger partial charge in [-0.2, -0.15) is 0 Å². The van der Waals surface area contributed by atoms with Gasteiger partial charge in [0.05, 0.1) is 0 Å². The predicted molar refractivity (Wildman–Crippen MR) is 142 cm³/mol. The number of ether oxygens (including phenoxy) is 5. The lowest BCUT2D eigenvalue weighted by atomic mass is 9.89. The second-order valence-electron chi connectivity index (χ2n) is 9.88. The molecule has 4 rings (SSSR count). The van der Waals surface area contributed by atoms with Crippen LogP contribution in [-0.4, -0.2) is 59.8 Å².